The highest BCUT2D eigenvalue weighted by molar-refractivity contribution is 5.91. The van der Waals surface area contributed by atoms with E-state index in [9.17, 15) is 19.2 Å². The SMILES string of the molecule is CC(C)[C@H](N)C(=O)N[C@@H](Cc1cnc[nH]1)C(=O)N[C@H](C=O)CC(N)=O. The Morgan fingerprint density at radius 1 is 1.28 bits per heavy atom. The number of primary amides is 1. The Balaban J connectivity index is 2.85. The highest BCUT2D eigenvalue weighted by Gasteiger charge is 2.27. The molecule has 3 atom stereocenters. The molecular formula is C15H24N6O4. The van der Waals surface area contributed by atoms with Crippen LogP contribution in [-0.2, 0) is 25.6 Å². The number of carbonyl (C=O) groups is 4. The van der Waals surface area contributed by atoms with Crippen molar-refractivity contribution in [2.75, 3.05) is 0 Å². The molecular weight excluding hydrogens is 328 g/mol. The van der Waals surface area contributed by atoms with E-state index in [1.54, 1.807) is 13.8 Å². The molecule has 0 aliphatic heterocycles. The quantitative estimate of drug-likeness (QED) is 0.304. The predicted octanol–water partition coefficient (Wildman–Crippen LogP) is -2.02. The van der Waals surface area contributed by atoms with Crippen molar-refractivity contribution in [2.45, 2.75) is 44.8 Å². The van der Waals surface area contributed by atoms with E-state index in [4.69, 9.17) is 11.5 Å². The van der Waals surface area contributed by atoms with Crippen LogP contribution in [0, 0.1) is 5.92 Å². The summed E-state index contributed by atoms with van der Waals surface area (Å²) >= 11 is 0. The van der Waals surface area contributed by atoms with Crippen molar-refractivity contribution in [3.8, 4) is 0 Å². The third-order valence-corrected chi connectivity index (χ3v) is 3.55. The van der Waals surface area contributed by atoms with E-state index in [2.05, 4.69) is 20.6 Å². The Labute approximate surface area is 145 Å². The van der Waals surface area contributed by atoms with Gasteiger partial charge in [-0.1, -0.05) is 13.8 Å². The molecule has 0 aromatic carbocycles. The van der Waals surface area contributed by atoms with E-state index in [1.807, 2.05) is 0 Å². The zero-order chi connectivity index (χ0) is 19.0. The summed E-state index contributed by atoms with van der Waals surface area (Å²) in [5, 5.41) is 4.95. The van der Waals surface area contributed by atoms with E-state index >= 15 is 0 Å². The highest BCUT2D eigenvalue weighted by Crippen LogP contribution is 2.03. The summed E-state index contributed by atoms with van der Waals surface area (Å²) in [5.41, 5.74) is 11.4. The van der Waals surface area contributed by atoms with Crippen molar-refractivity contribution >= 4 is 24.0 Å². The summed E-state index contributed by atoms with van der Waals surface area (Å²) in [7, 11) is 0. The average Bonchev–Trinajstić information content (AvgIpc) is 3.05. The molecule has 138 valence electrons. The molecule has 0 radical (unpaired) electrons. The van der Waals surface area contributed by atoms with Crippen molar-refractivity contribution in [3.05, 3.63) is 18.2 Å². The summed E-state index contributed by atoms with van der Waals surface area (Å²) < 4.78 is 0. The van der Waals surface area contributed by atoms with Gasteiger partial charge in [-0.3, -0.25) is 14.4 Å². The third-order valence-electron chi connectivity index (χ3n) is 3.55. The Bertz CT molecular complexity index is 601. The molecule has 10 nitrogen and oxygen atoms in total. The van der Waals surface area contributed by atoms with Gasteiger partial charge in [0.25, 0.3) is 0 Å². The highest BCUT2D eigenvalue weighted by atomic mass is 16.2. The van der Waals surface area contributed by atoms with E-state index in [0.29, 0.717) is 12.0 Å². The first-order valence-electron chi connectivity index (χ1n) is 7.81. The van der Waals surface area contributed by atoms with E-state index in [0.717, 1.165) is 0 Å². The number of hydrogen-bond acceptors (Lipinski definition) is 6. The molecule has 0 spiro atoms. The Kier molecular flexibility index (Phi) is 7.73. The van der Waals surface area contributed by atoms with Gasteiger partial charge in [-0.25, -0.2) is 4.98 Å². The molecule has 7 N–H and O–H groups in total. The maximum absolute atomic E-state index is 12.4. The van der Waals surface area contributed by atoms with Crippen LogP contribution in [0.4, 0.5) is 0 Å². The number of rotatable bonds is 10. The first kappa shape index (κ1) is 20.3. The number of nitrogens with one attached hydrogen (secondary N) is 3. The second kappa shape index (κ2) is 9.52. The normalized spacial score (nSPS) is 14.4. The summed E-state index contributed by atoms with van der Waals surface area (Å²) in [6.45, 7) is 3.56. The lowest BCUT2D eigenvalue weighted by Crippen LogP contribution is -2.55. The first-order chi connectivity index (χ1) is 11.7. The zero-order valence-electron chi connectivity index (χ0n) is 14.2. The van der Waals surface area contributed by atoms with Gasteiger partial charge in [-0.2, -0.15) is 0 Å². The van der Waals surface area contributed by atoms with Crippen LogP contribution >= 0.6 is 0 Å². The average molecular weight is 352 g/mol. The fraction of sp³-hybridized carbons (Fsp3) is 0.533. The second-order valence-electron chi connectivity index (χ2n) is 6.03. The smallest absolute Gasteiger partial charge is 0.243 e. The van der Waals surface area contributed by atoms with Gasteiger partial charge >= 0.3 is 0 Å². The number of nitrogens with zero attached hydrogens (tertiary/aromatic N) is 1. The Morgan fingerprint density at radius 3 is 2.44 bits per heavy atom. The van der Waals surface area contributed by atoms with E-state index < -0.39 is 35.8 Å². The predicted molar refractivity (Wildman–Crippen MR) is 88.8 cm³/mol. The maximum Gasteiger partial charge on any atom is 0.243 e. The molecule has 0 saturated heterocycles. The van der Waals surface area contributed by atoms with Crippen LogP contribution in [0.25, 0.3) is 0 Å². The number of nitrogens with two attached hydrogens (primary N) is 2. The molecule has 3 amide bonds. The Morgan fingerprint density at radius 2 is 1.96 bits per heavy atom. The Hall–Kier alpha value is -2.75. The molecule has 0 unspecified atom stereocenters. The number of amides is 3. The van der Waals surface area contributed by atoms with Crippen LogP contribution in [0.1, 0.15) is 26.0 Å². The third kappa shape index (κ3) is 6.71. The van der Waals surface area contributed by atoms with Crippen LogP contribution < -0.4 is 22.1 Å². The number of carbonyl (C=O) groups excluding carboxylic acids is 4. The lowest BCUT2D eigenvalue weighted by atomic mass is 10.0. The lowest BCUT2D eigenvalue weighted by Gasteiger charge is -2.23. The number of aromatic amines is 1. The molecule has 1 rings (SSSR count). The molecule has 0 fully saturated rings. The van der Waals surface area contributed by atoms with Gasteiger partial charge in [0.05, 0.1) is 24.8 Å². The van der Waals surface area contributed by atoms with Crippen molar-refractivity contribution < 1.29 is 19.2 Å². The molecule has 1 aromatic rings. The molecule has 0 bridgehead atoms. The number of H-pyrrole nitrogens is 1. The monoisotopic (exact) mass is 352 g/mol. The maximum atomic E-state index is 12.4. The first-order valence-corrected chi connectivity index (χ1v) is 7.81. The largest absolute Gasteiger partial charge is 0.370 e. The minimum Gasteiger partial charge on any atom is -0.370 e. The number of hydrogen-bond donors (Lipinski definition) is 5. The fourth-order valence-corrected chi connectivity index (χ4v) is 2.03. The summed E-state index contributed by atoms with van der Waals surface area (Å²) in [6, 6.07) is -2.84. The molecule has 1 aromatic heterocycles. The van der Waals surface area contributed by atoms with Gasteiger partial charge in [0, 0.05) is 18.3 Å². The zero-order valence-corrected chi connectivity index (χ0v) is 14.2. The molecule has 0 aliphatic carbocycles. The summed E-state index contributed by atoms with van der Waals surface area (Å²) in [6.07, 6.45) is 3.15. The van der Waals surface area contributed by atoms with Crippen LogP contribution in [-0.4, -0.2) is 52.1 Å². The molecule has 0 aliphatic rings. The minimum absolute atomic E-state index is 0.116. The topological polar surface area (TPSA) is 173 Å². The van der Waals surface area contributed by atoms with Gasteiger partial charge < -0.3 is 31.9 Å². The van der Waals surface area contributed by atoms with Crippen molar-refractivity contribution in [3.63, 3.8) is 0 Å². The molecule has 25 heavy (non-hydrogen) atoms. The van der Waals surface area contributed by atoms with Gasteiger partial charge in [0.2, 0.25) is 17.7 Å². The van der Waals surface area contributed by atoms with Crippen LogP contribution in [0.2, 0.25) is 0 Å². The van der Waals surface area contributed by atoms with Crippen molar-refractivity contribution in [1.82, 2.24) is 20.6 Å². The molecule has 10 heteroatoms. The number of imidazole rings is 1. The number of aldehydes is 1. The van der Waals surface area contributed by atoms with Crippen LogP contribution in [0.5, 0.6) is 0 Å². The minimum atomic E-state index is -1.06. The van der Waals surface area contributed by atoms with E-state index in [-0.39, 0.29) is 18.8 Å². The van der Waals surface area contributed by atoms with Crippen molar-refractivity contribution in [2.24, 2.45) is 17.4 Å². The lowest BCUT2D eigenvalue weighted by molar-refractivity contribution is -0.131. The standard InChI is InChI=1S/C15H24N6O4/c1-8(2)13(17)15(25)21-11(3-9-5-18-7-19-9)14(24)20-10(6-22)4-12(16)23/h5-8,10-11,13H,3-4,17H2,1-2H3,(H2,16,23)(H,18,19)(H,20,24)(H,21,25)/t10-,11-,13-/m0/s1. The van der Waals surface area contributed by atoms with Crippen molar-refractivity contribution in [1.29, 1.82) is 0 Å². The molecule has 0 saturated carbocycles. The summed E-state index contributed by atoms with van der Waals surface area (Å²) in [4.78, 5) is 53.2. The number of aromatic nitrogens is 2. The fourth-order valence-electron chi connectivity index (χ4n) is 2.03. The molecule has 1 heterocycles. The summed E-state index contributed by atoms with van der Waals surface area (Å²) in [5.74, 6) is -1.97. The van der Waals surface area contributed by atoms with Gasteiger partial charge in [0.15, 0.2) is 0 Å². The van der Waals surface area contributed by atoms with Gasteiger partial charge in [-0.05, 0) is 5.92 Å². The van der Waals surface area contributed by atoms with Crippen LogP contribution in [0.3, 0.4) is 0 Å². The van der Waals surface area contributed by atoms with Gasteiger partial charge in [0.1, 0.15) is 12.3 Å². The van der Waals surface area contributed by atoms with E-state index in [1.165, 1.54) is 12.5 Å². The van der Waals surface area contributed by atoms with Gasteiger partial charge in [-0.15, -0.1) is 0 Å². The van der Waals surface area contributed by atoms with Crippen LogP contribution in [0.15, 0.2) is 12.5 Å². The second-order valence-corrected chi connectivity index (χ2v) is 6.03.